The van der Waals surface area contributed by atoms with E-state index < -0.39 is 11.7 Å². The summed E-state index contributed by atoms with van der Waals surface area (Å²) in [6.07, 6.45) is -4.41. The highest BCUT2D eigenvalue weighted by Gasteiger charge is 2.30. The Kier molecular flexibility index (Phi) is 6.52. The van der Waals surface area contributed by atoms with Crippen molar-refractivity contribution in [3.05, 3.63) is 81.8 Å². The summed E-state index contributed by atoms with van der Waals surface area (Å²) >= 11 is 1.49. The summed E-state index contributed by atoms with van der Waals surface area (Å²) in [6.45, 7) is 0.358. The number of nitrogens with one attached hydrogen (secondary N) is 1. The number of hydrogen-bond donors (Lipinski definition) is 1. The third-order valence-corrected chi connectivity index (χ3v) is 4.38. The normalized spacial score (nSPS) is 10.7. The van der Waals surface area contributed by atoms with E-state index in [0.29, 0.717) is 17.9 Å². The molecule has 0 aliphatic carbocycles. The average Bonchev–Trinajstić information content (AvgIpc) is 3.23. The van der Waals surface area contributed by atoms with Crippen LogP contribution in [0, 0.1) is 11.8 Å². The van der Waals surface area contributed by atoms with Crippen molar-refractivity contribution in [3.8, 4) is 17.6 Å². The summed E-state index contributed by atoms with van der Waals surface area (Å²) in [4.78, 5) is 16.2. The first kappa shape index (κ1) is 20.4. The van der Waals surface area contributed by atoms with Gasteiger partial charge in [0, 0.05) is 16.5 Å². The molecule has 0 aliphatic heterocycles. The van der Waals surface area contributed by atoms with Crippen molar-refractivity contribution in [1.82, 2.24) is 10.3 Å². The van der Waals surface area contributed by atoms with Crippen LogP contribution in [-0.4, -0.2) is 17.4 Å². The van der Waals surface area contributed by atoms with Gasteiger partial charge >= 0.3 is 6.18 Å². The van der Waals surface area contributed by atoms with Crippen molar-refractivity contribution in [3.63, 3.8) is 0 Å². The van der Waals surface area contributed by atoms with Gasteiger partial charge in [-0.15, -0.1) is 11.3 Å². The number of halogens is 3. The van der Waals surface area contributed by atoms with Gasteiger partial charge < -0.3 is 10.1 Å². The molecule has 0 atom stereocenters. The third-order valence-electron chi connectivity index (χ3n) is 3.75. The fraction of sp³-hybridized carbons (Fsp3) is 0.143. The molecule has 3 aromatic rings. The number of hydrogen-bond acceptors (Lipinski definition) is 4. The fourth-order valence-electron chi connectivity index (χ4n) is 2.31. The van der Waals surface area contributed by atoms with Crippen molar-refractivity contribution in [2.75, 3.05) is 6.54 Å². The molecule has 0 fully saturated rings. The van der Waals surface area contributed by atoms with E-state index in [1.807, 2.05) is 5.38 Å². The van der Waals surface area contributed by atoms with Gasteiger partial charge in [0.15, 0.2) is 0 Å². The lowest BCUT2D eigenvalue weighted by Crippen LogP contribution is -2.23. The molecule has 29 heavy (non-hydrogen) atoms. The molecule has 1 amide bonds. The topological polar surface area (TPSA) is 51.2 Å². The minimum Gasteiger partial charge on any atom is -0.487 e. The molecule has 1 aromatic heterocycles. The van der Waals surface area contributed by atoms with Crippen molar-refractivity contribution >= 4 is 17.2 Å². The standard InChI is InChI=1S/C21H15F3N2O2S/c22-21(23,24)17-5-1-3-15(11-17)4-2-10-25-20(27)16-6-8-19(9-7-16)28-12-18-13-29-14-26-18/h1,3,5-9,11,13-14H,10,12H2,(H,25,27). The molecular weight excluding hydrogens is 401 g/mol. The van der Waals surface area contributed by atoms with Crippen LogP contribution in [0.1, 0.15) is 27.2 Å². The molecular formula is C21H15F3N2O2S. The van der Waals surface area contributed by atoms with E-state index in [2.05, 4.69) is 22.1 Å². The second-order valence-electron chi connectivity index (χ2n) is 5.86. The smallest absolute Gasteiger partial charge is 0.416 e. The van der Waals surface area contributed by atoms with Gasteiger partial charge in [0.05, 0.1) is 23.3 Å². The van der Waals surface area contributed by atoms with Gasteiger partial charge in [0.2, 0.25) is 0 Å². The van der Waals surface area contributed by atoms with Gasteiger partial charge in [0.1, 0.15) is 12.4 Å². The zero-order valence-corrected chi connectivity index (χ0v) is 15.8. The van der Waals surface area contributed by atoms with Crippen molar-refractivity contribution in [2.24, 2.45) is 0 Å². The molecule has 0 spiro atoms. The van der Waals surface area contributed by atoms with Crippen molar-refractivity contribution in [2.45, 2.75) is 12.8 Å². The van der Waals surface area contributed by atoms with Crippen LogP contribution in [0.15, 0.2) is 59.4 Å². The monoisotopic (exact) mass is 416 g/mol. The maximum absolute atomic E-state index is 12.7. The van der Waals surface area contributed by atoms with Crippen LogP contribution in [0.3, 0.4) is 0 Å². The van der Waals surface area contributed by atoms with Crippen LogP contribution in [0.4, 0.5) is 13.2 Å². The van der Waals surface area contributed by atoms with Crippen LogP contribution in [0.5, 0.6) is 5.75 Å². The van der Waals surface area contributed by atoms with E-state index in [1.54, 1.807) is 29.8 Å². The van der Waals surface area contributed by atoms with Gasteiger partial charge in [-0.25, -0.2) is 4.98 Å². The first-order valence-corrected chi connectivity index (χ1v) is 9.40. The summed E-state index contributed by atoms with van der Waals surface area (Å²) in [7, 11) is 0. The molecule has 0 unspecified atom stereocenters. The molecule has 2 aromatic carbocycles. The molecule has 3 rings (SSSR count). The highest BCUT2D eigenvalue weighted by molar-refractivity contribution is 7.07. The van der Waals surface area contributed by atoms with Gasteiger partial charge in [-0.2, -0.15) is 13.2 Å². The molecule has 4 nitrogen and oxygen atoms in total. The number of aromatic nitrogens is 1. The van der Waals surface area contributed by atoms with Gasteiger partial charge in [-0.3, -0.25) is 4.79 Å². The molecule has 1 heterocycles. The maximum Gasteiger partial charge on any atom is 0.416 e. The predicted molar refractivity (Wildman–Crippen MR) is 104 cm³/mol. The second kappa shape index (κ2) is 9.26. The lowest BCUT2D eigenvalue weighted by Gasteiger charge is -2.06. The van der Waals surface area contributed by atoms with Crippen LogP contribution in [0.25, 0.3) is 0 Å². The number of alkyl halides is 3. The Morgan fingerprint density at radius 3 is 2.66 bits per heavy atom. The minimum absolute atomic E-state index is 0.0111. The highest BCUT2D eigenvalue weighted by atomic mass is 32.1. The number of thiazole rings is 1. The number of carbonyl (C=O) groups is 1. The molecule has 148 valence electrons. The Morgan fingerprint density at radius 1 is 1.17 bits per heavy atom. The Morgan fingerprint density at radius 2 is 1.97 bits per heavy atom. The van der Waals surface area contributed by atoms with Crippen LogP contribution >= 0.6 is 11.3 Å². The van der Waals surface area contributed by atoms with E-state index in [-0.39, 0.29) is 18.0 Å². The average molecular weight is 416 g/mol. The Bertz CT molecular complexity index is 1020. The summed E-state index contributed by atoms with van der Waals surface area (Å²) < 4.78 is 43.6. The van der Waals surface area contributed by atoms with Gasteiger partial charge in [0.25, 0.3) is 5.91 Å². The Balaban J connectivity index is 1.50. The molecule has 0 radical (unpaired) electrons. The predicted octanol–water partition coefficient (Wildman–Crippen LogP) is 4.52. The zero-order chi connectivity index (χ0) is 20.7. The number of benzene rings is 2. The van der Waals surface area contributed by atoms with E-state index in [9.17, 15) is 18.0 Å². The van der Waals surface area contributed by atoms with E-state index in [4.69, 9.17) is 4.74 Å². The number of nitrogens with zero attached hydrogens (tertiary/aromatic N) is 1. The molecule has 0 bridgehead atoms. The summed E-state index contributed by atoms with van der Waals surface area (Å²) in [5, 5.41) is 4.49. The van der Waals surface area contributed by atoms with Crippen LogP contribution in [0.2, 0.25) is 0 Å². The van der Waals surface area contributed by atoms with E-state index >= 15 is 0 Å². The Hall–Kier alpha value is -3.31. The first-order valence-electron chi connectivity index (χ1n) is 8.46. The Labute approximate surface area is 169 Å². The molecule has 0 aliphatic rings. The zero-order valence-electron chi connectivity index (χ0n) is 15.0. The summed E-state index contributed by atoms with van der Waals surface area (Å²) in [6, 6.07) is 11.3. The molecule has 0 saturated carbocycles. The number of carbonyl (C=O) groups excluding carboxylic acids is 1. The van der Waals surface area contributed by atoms with Crippen LogP contribution < -0.4 is 10.1 Å². The third kappa shape index (κ3) is 6.09. The maximum atomic E-state index is 12.7. The number of rotatable bonds is 5. The van der Waals surface area contributed by atoms with E-state index in [0.717, 1.165) is 17.8 Å². The minimum atomic E-state index is -4.41. The first-order chi connectivity index (χ1) is 13.9. The second-order valence-corrected chi connectivity index (χ2v) is 6.57. The molecule has 0 saturated heterocycles. The van der Waals surface area contributed by atoms with E-state index in [1.165, 1.54) is 23.5 Å². The fourth-order valence-corrected chi connectivity index (χ4v) is 2.86. The highest BCUT2D eigenvalue weighted by Crippen LogP contribution is 2.29. The molecule has 1 N–H and O–H groups in total. The van der Waals surface area contributed by atoms with Crippen molar-refractivity contribution < 1.29 is 22.7 Å². The summed E-state index contributed by atoms with van der Waals surface area (Å²) in [5.74, 6) is 5.53. The summed E-state index contributed by atoms with van der Waals surface area (Å²) in [5.41, 5.74) is 2.45. The SMILES string of the molecule is O=C(NCC#Cc1cccc(C(F)(F)F)c1)c1ccc(OCc2cscn2)cc1. The van der Waals surface area contributed by atoms with Gasteiger partial charge in [-0.05, 0) is 42.5 Å². The number of ether oxygens (including phenoxy) is 1. The molecule has 8 heteroatoms. The van der Waals surface area contributed by atoms with Gasteiger partial charge in [-0.1, -0.05) is 17.9 Å². The van der Waals surface area contributed by atoms with Crippen molar-refractivity contribution in [1.29, 1.82) is 0 Å². The lowest BCUT2D eigenvalue weighted by molar-refractivity contribution is -0.137. The largest absolute Gasteiger partial charge is 0.487 e. The number of amides is 1. The quantitative estimate of drug-likeness (QED) is 0.622. The lowest BCUT2D eigenvalue weighted by atomic mass is 10.1. The van der Waals surface area contributed by atoms with Crippen LogP contribution in [-0.2, 0) is 12.8 Å².